The molecule has 27 heavy (non-hydrogen) atoms. The minimum absolute atomic E-state index is 0.189. The van der Waals surface area contributed by atoms with Crippen molar-refractivity contribution < 1.29 is 9.53 Å². The molecule has 1 amide bonds. The van der Waals surface area contributed by atoms with E-state index in [9.17, 15) is 4.79 Å². The lowest BCUT2D eigenvalue weighted by Crippen LogP contribution is -2.11. The number of carbonyl (C=O) groups is 1. The van der Waals surface area contributed by atoms with Crippen LogP contribution in [0, 0.1) is 0 Å². The summed E-state index contributed by atoms with van der Waals surface area (Å²) >= 11 is 1.41. The molecule has 0 bridgehead atoms. The first kappa shape index (κ1) is 16.0. The van der Waals surface area contributed by atoms with Crippen molar-refractivity contribution in [3.05, 3.63) is 59.2 Å². The Kier molecular flexibility index (Phi) is 3.68. The Morgan fingerprint density at radius 3 is 3.11 bits per heavy atom. The molecule has 0 radical (unpaired) electrons. The van der Waals surface area contributed by atoms with E-state index in [1.807, 2.05) is 35.2 Å². The van der Waals surface area contributed by atoms with E-state index in [1.165, 1.54) is 16.9 Å². The predicted molar refractivity (Wildman–Crippen MR) is 105 cm³/mol. The van der Waals surface area contributed by atoms with E-state index >= 15 is 0 Å². The van der Waals surface area contributed by atoms with Crippen molar-refractivity contribution in [1.29, 1.82) is 0 Å². The van der Waals surface area contributed by atoms with Gasteiger partial charge in [0.25, 0.3) is 5.91 Å². The minimum Gasteiger partial charge on any atom is -0.493 e. The Balaban J connectivity index is 1.37. The average molecular weight is 376 g/mol. The lowest BCUT2D eigenvalue weighted by molar-refractivity contribution is 0.102. The van der Waals surface area contributed by atoms with Gasteiger partial charge in [-0.2, -0.15) is 0 Å². The third-order valence-corrected chi connectivity index (χ3v) is 5.46. The van der Waals surface area contributed by atoms with Crippen LogP contribution in [-0.4, -0.2) is 27.0 Å². The molecule has 0 unspecified atom stereocenters. The number of amides is 1. The number of ether oxygens (including phenoxy) is 1. The van der Waals surface area contributed by atoms with Crippen LogP contribution < -0.4 is 10.1 Å². The first-order valence-electron chi connectivity index (χ1n) is 8.61. The largest absolute Gasteiger partial charge is 0.493 e. The third kappa shape index (κ3) is 2.86. The molecule has 1 N–H and O–H groups in total. The summed E-state index contributed by atoms with van der Waals surface area (Å²) in [7, 11) is 1.93. The van der Waals surface area contributed by atoms with Crippen LogP contribution in [0.15, 0.2) is 48.1 Å². The molecule has 5 rings (SSSR count). The number of aromatic nitrogens is 3. The number of aryl methyl sites for hydroxylation is 1. The van der Waals surface area contributed by atoms with Crippen LogP contribution in [0.5, 0.6) is 5.75 Å². The zero-order valence-corrected chi connectivity index (χ0v) is 15.4. The van der Waals surface area contributed by atoms with Crippen molar-refractivity contribution in [2.45, 2.75) is 6.42 Å². The number of carbonyl (C=O) groups excluding carboxylic acids is 1. The standard InChI is InChI=1S/C20H16N4O2S/c1-24-11-21-15-9-14(2-4-17(15)24)19(25)23-20-22-16(10-27-20)12-3-5-18-13(8-12)6-7-26-18/h2-5,8-11H,6-7H2,1H3,(H,22,23,25). The molecular formula is C20H16N4O2S. The molecule has 0 saturated carbocycles. The molecule has 0 fully saturated rings. The molecule has 6 nitrogen and oxygen atoms in total. The van der Waals surface area contributed by atoms with E-state index in [0.29, 0.717) is 10.7 Å². The number of anilines is 1. The Bertz CT molecular complexity index is 1180. The number of thiazole rings is 1. The van der Waals surface area contributed by atoms with Crippen LogP contribution in [0.1, 0.15) is 15.9 Å². The number of nitrogens with zero attached hydrogens (tertiary/aromatic N) is 3. The van der Waals surface area contributed by atoms with Gasteiger partial charge in [-0.25, -0.2) is 9.97 Å². The highest BCUT2D eigenvalue weighted by atomic mass is 32.1. The quantitative estimate of drug-likeness (QED) is 0.589. The molecule has 0 atom stereocenters. The van der Waals surface area contributed by atoms with Gasteiger partial charge in [0.2, 0.25) is 0 Å². The summed E-state index contributed by atoms with van der Waals surface area (Å²) < 4.78 is 7.47. The zero-order chi connectivity index (χ0) is 18.4. The normalized spacial score (nSPS) is 12.8. The summed E-state index contributed by atoms with van der Waals surface area (Å²) in [5, 5.41) is 5.41. The van der Waals surface area contributed by atoms with Crippen molar-refractivity contribution >= 4 is 33.4 Å². The van der Waals surface area contributed by atoms with Crippen molar-refractivity contribution in [2.24, 2.45) is 7.05 Å². The summed E-state index contributed by atoms with van der Waals surface area (Å²) in [5.41, 5.74) is 5.44. The first-order valence-corrected chi connectivity index (χ1v) is 9.49. The second kappa shape index (κ2) is 6.21. The fourth-order valence-electron chi connectivity index (χ4n) is 3.26. The van der Waals surface area contributed by atoms with Crippen LogP contribution in [0.3, 0.4) is 0 Å². The summed E-state index contributed by atoms with van der Waals surface area (Å²) in [6.45, 7) is 0.734. The Labute approximate surface area is 159 Å². The van der Waals surface area contributed by atoms with Crippen molar-refractivity contribution in [3.8, 4) is 17.0 Å². The number of hydrogen-bond acceptors (Lipinski definition) is 5. The van der Waals surface area contributed by atoms with Gasteiger partial charge in [-0.1, -0.05) is 0 Å². The Morgan fingerprint density at radius 2 is 2.19 bits per heavy atom. The van der Waals surface area contributed by atoms with Gasteiger partial charge in [0.1, 0.15) is 5.75 Å². The molecule has 3 heterocycles. The molecule has 0 aliphatic carbocycles. The van der Waals surface area contributed by atoms with Crippen LogP contribution in [0.4, 0.5) is 5.13 Å². The van der Waals surface area contributed by atoms with Gasteiger partial charge in [0, 0.05) is 30.0 Å². The van der Waals surface area contributed by atoms with Gasteiger partial charge >= 0.3 is 0 Å². The van der Waals surface area contributed by atoms with Crippen LogP contribution in [0.25, 0.3) is 22.3 Å². The second-order valence-electron chi connectivity index (χ2n) is 6.47. The molecule has 134 valence electrons. The van der Waals surface area contributed by atoms with E-state index in [4.69, 9.17) is 4.74 Å². The first-order chi connectivity index (χ1) is 13.2. The summed E-state index contributed by atoms with van der Waals surface area (Å²) in [6.07, 6.45) is 2.66. The summed E-state index contributed by atoms with van der Waals surface area (Å²) in [6, 6.07) is 11.6. The molecule has 1 aliphatic heterocycles. The van der Waals surface area contributed by atoms with Crippen molar-refractivity contribution in [3.63, 3.8) is 0 Å². The van der Waals surface area contributed by atoms with Crippen molar-refractivity contribution in [2.75, 3.05) is 11.9 Å². The minimum atomic E-state index is -0.189. The van der Waals surface area contributed by atoms with Gasteiger partial charge in [-0.15, -0.1) is 11.3 Å². The average Bonchev–Trinajstić information content (AvgIpc) is 3.41. The van der Waals surface area contributed by atoms with E-state index in [-0.39, 0.29) is 5.91 Å². The van der Waals surface area contributed by atoms with E-state index in [0.717, 1.165) is 41.1 Å². The van der Waals surface area contributed by atoms with Gasteiger partial charge in [0.05, 0.1) is 29.7 Å². The Hall–Kier alpha value is -3.19. The van der Waals surface area contributed by atoms with E-state index in [1.54, 1.807) is 18.5 Å². The van der Waals surface area contributed by atoms with Crippen LogP contribution >= 0.6 is 11.3 Å². The van der Waals surface area contributed by atoms with E-state index in [2.05, 4.69) is 21.4 Å². The maximum atomic E-state index is 12.6. The maximum Gasteiger partial charge on any atom is 0.257 e. The smallest absolute Gasteiger partial charge is 0.257 e. The van der Waals surface area contributed by atoms with Crippen LogP contribution in [0.2, 0.25) is 0 Å². The van der Waals surface area contributed by atoms with Crippen LogP contribution in [-0.2, 0) is 13.5 Å². The SMILES string of the molecule is Cn1cnc2cc(C(=O)Nc3nc(-c4ccc5c(c4)CCO5)cs3)ccc21. The third-order valence-electron chi connectivity index (χ3n) is 4.70. The monoisotopic (exact) mass is 376 g/mol. The van der Waals surface area contributed by atoms with E-state index < -0.39 is 0 Å². The van der Waals surface area contributed by atoms with Gasteiger partial charge in [-0.3, -0.25) is 10.1 Å². The second-order valence-corrected chi connectivity index (χ2v) is 7.33. The fraction of sp³-hybridized carbons (Fsp3) is 0.150. The molecular weight excluding hydrogens is 360 g/mol. The topological polar surface area (TPSA) is 69.0 Å². The predicted octanol–water partition coefficient (Wildman–Crippen LogP) is 3.88. The highest BCUT2D eigenvalue weighted by Gasteiger charge is 2.15. The lowest BCUT2D eigenvalue weighted by Gasteiger charge is -2.03. The number of hydrogen-bond donors (Lipinski definition) is 1. The van der Waals surface area contributed by atoms with Gasteiger partial charge in [-0.05, 0) is 42.0 Å². The highest BCUT2D eigenvalue weighted by Crippen LogP contribution is 2.32. The zero-order valence-electron chi connectivity index (χ0n) is 14.6. The molecule has 0 saturated heterocycles. The number of imidazole rings is 1. The van der Waals surface area contributed by atoms with Crippen molar-refractivity contribution in [1.82, 2.24) is 14.5 Å². The summed E-state index contributed by atoms with van der Waals surface area (Å²) in [4.78, 5) is 21.4. The molecule has 0 spiro atoms. The number of benzene rings is 2. The highest BCUT2D eigenvalue weighted by molar-refractivity contribution is 7.14. The molecule has 2 aromatic heterocycles. The number of rotatable bonds is 3. The molecule has 4 aromatic rings. The fourth-order valence-corrected chi connectivity index (χ4v) is 3.97. The summed E-state index contributed by atoms with van der Waals surface area (Å²) in [5.74, 6) is 0.762. The molecule has 2 aromatic carbocycles. The molecule has 7 heteroatoms. The Morgan fingerprint density at radius 1 is 1.26 bits per heavy atom. The van der Waals surface area contributed by atoms with Gasteiger partial charge < -0.3 is 9.30 Å². The molecule has 1 aliphatic rings. The maximum absolute atomic E-state index is 12.6. The number of fused-ring (bicyclic) bond motifs is 2. The van der Waals surface area contributed by atoms with Gasteiger partial charge in [0.15, 0.2) is 5.13 Å². The lowest BCUT2D eigenvalue weighted by atomic mass is 10.1. The number of nitrogens with one attached hydrogen (secondary N) is 1.